The largest absolute Gasteiger partial charge is 0.255 e. The molecule has 0 amide bonds. The van der Waals surface area contributed by atoms with E-state index in [1.165, 1.54) is 0 Å². The van der Waals surface area contributed by atoms with Crippen molar-refractivity contribution in [2.45, 2.75) is 0 Å². The number of pyridine rings is 3. The zero-order valence-corrected chi connectivity index (χ0v) is 29.3. The molecule has 9 rings (SSSR count). The molecule has 254 valence electrons. The summed E-state index contributed by atoms with van der Waals surface area (Å²) in [7, 11) is 0. The van der Waals surface area contributed by atoms with E-state index in [-0.39, 0.29) is 0 Å². The van der Waals surface area contributed by atoms with Crippen LogP contribution in [0.3, 0.4) is 0 Å². The highest BCUT2D eigenvalue weighted by molar-refractivity contribution is 5.77. The van der Waals surface area contributed by atoms with Gasteiger partial charge in [0.05, 0.1) is 39.9 Å². The molecule has 0 N–H and O–H groups in total. The maximum absolute atomic E-state index is 5.09. The third kappa shape index (κ3) is 6.94. The second-order valence-corrected chi connectivity index (χ2v) is 13.0. The van der Waals surface area contributed by atoms with Gasteiger partial charge in [-0.15, -0.1) is 0 Å². The van der Waals surface area contributed by atoms with Crippen molar-refractivity contribution in [1.82, 2.24) is 24.9 Å². The summed E-state index contributed by atoms with van der Waals surface area (Å²) in [6.07, 6.45) is 1.80. The van der Waals surface area contributed by atoms with E-state index in [0.29, 0.717) is 5.82 Å². The van der Waals surface area contributed by atoms with Gasteiger partial charge < -0.3 is 0 Å². The standard InChI is InChI=1S/C49H33N5/c1-4-13-34(14-5-1)41-31-47(43-19-10-11-30-50-43)52-48(32-41)44-21-12-20-42(51-44)38-26-22-35(23-27-38)36-24-28-39(29-25-36)46-33-45(37-15-6-2-7-16-37)53-49(54-46)40-17-8-3-9-18-40/h1-33H. The summed E-state index contributed by atoms with van der Waals surface area (Å²) in [6.45, 7) is 0. The minimum atomic E-state index is 0.706. The Bertz CT molecular complexity index is 2550. The number of benzene rings is 5. The highest BCUT2D eigenvalue weighted by Gasteiger charge is 2.13. The van der Waals surface area contributed by atoms with Crippen molar-refractivity contribution in [1.29, 1.82) is 0 Å². The summed E-state index contributed by atoms with van der Waals surface area (Å²) < 4.78 is 0. The van der Waals surface area contributed by atoms with Crippen LogP contribution in [0.2, 0.25) is 0 Å². The van der Waals surface area contributed by atoms with E-state index >= 15 is 0 Å². The van der Waals surface area contributed by atoms with E-state index in [0.717, 1.165) is 84.4 Å². The van der Waals surface area contributed by atoms with Crippen LogP contribution >= 0.6 is 0 Å². The Hall–Kier alpha value is -7.37. The quantitative estimate of drug-likeness (QED) is 0.159. The Labute approximate surface area is 314 Å². The second kappa shape index (κ2) is 14.7. The van der Waals surface area contributed by atoms with Crippen molar-refractivity contribution in [2.75, 3.05) is 0 Å². The van der Waals surface area contributed by atoms with Crippen molar-refractivity contribution in [2.24, 2.45) is 0 Å². The first-order valence-electron chi connectivity index (χ1n) is 17.9. The van der Waals surface area contributed by atoms with Crippen molar-refractivity contribution in [3.8, 4) is 90.2 Å². The number of hydrogen-bond acceptors (Lipinski definition) is 5. The van der Waals surface area contributed by atoms with Crippen molar-refractivity contribution < 1.29 is 0 Å². The Balaban J connectivity index is 1.00. The molecule has 0 aliphatic heterocycles. The molecule has 0 aliphatic rings. The first kappa shape index (κ1) is 32.5. The Morgan fingerprint density at radius 1 is 0.222 bits per heavy atom. The summed E-state index contributed by atoms with van der Waals surface area (Å²) >= 11 is 0. The maximum Gasteiger partial charge on any atom is 0.160 e. The number of rotatable bonds is 8. The van der Waals surface area contributed by atoms with E-state index in [2.05, 4.69) is 96.0 Å². The molecular weight excluding hydrogens is 659 g/mol. The lowest BCUT2D eigenvalue weighted by molar-refractivity contribution is 1.18. The Morgan fingerprint density at radius 2 is 0.648 bits per heavy atom. The van der Waals surface area contributed by atoms with Crippen molar-refractivity contribution in [3.05, 3.63) is 200 Å². The lowest BCUT2D eigenvalue weighted by Crippen LogP contribution is -1.95. The van der Waals surface area contributed by atoms with Crippen molar-refractivity contribution >= 4 is 0 Å². The molecule has 0 saturated heterocycles. The van der Waals surface area contributed by atoms with Gasteiger partial charge in [0.1, 0.15) is 0 Å². The highest BCUT2D eigenvalue weighted by atomic mass is 14.9. The second-order valence-electron chi connectivity index (χ2n) is 13.0. The minimum absolute atomic E-state index is 0.706. The monoisotopic (exact) mass is 691 g/mol. The van der Waals surface area contributed by atoms with Crippen LogP contribution in [0.1, 0.15) is 0 Å². The molecule has 5 aromatic carbocycles. The molecule has 0 unspecified atom stereocenters. The molecular formula is C49H33N5. The van der Waals surface area contributed by atoms with E-state index in [4.69, 9.17) is 19.9 Å². The summed E-state index contributed by atoms with van der Waals surface area (Å²) in [4.78, 5) is 24.6. The van der Waals surface area contributed by atoms with E-state index < -0.39 is 0 Å². The lowest BCUT2D eigenvalue weighted by atomic mass is 10.00. The summed E-state index contributed by atoms with van der Waals surface area (Å²) in [5.41, 5.74) is 14.4. The smallest absolute Gasteiger partial charge is 0.160 e. The van der Waals surface area contributed by atoms with E-state index in [9.17, 15) is 0 Å². The fourth-order valence-electron chi connectivity index (χ4n) is 6.58. The topological polar surface area (TPSA) is 64.5 Å². The van der Waals surface area contributed by atoms with E-state index in [1.807, 2.05) is 103 Å². The fourth-order valence-corrected chi connectivity index (χ4v) is 6.58. The first-order chi connectivity index (χ1) is 26.7. The minimum Gasteiger partial charge on any atom is -0.255 e. The average Bonchev–Trinajstić information content (AvgIpc) is 3.27. The first-order valence-corrected chi connectivity index (χ1v) is 17.9. The predicted molar refractivity (Wildman–Crippen MR) is 219 cm³/mol. The maximum atomic E-state index is 5.09. The molecule has 4 heterocycles. The van der Waals surface area contributed by atoms with Crippen LogP contribution in [0, 0.1) is 0 Å². The molecule has 54 heavy (non-hydrogen) atoms. The highest BCUT2D eigenvalue weighted by Crippen LogP contribution is 2.32. The van der Waals surface area contributed by atoms with Crippen LogP contribution in [0.5, 0.6) is 0 Å². The van der Waals surface area contributed by atoms with Gasteiger partial charge in [0, 0.05) is 28.5 Å². The number of aromatic nitrogens is 5. The van der Waals surface area contributed by atoms with Gasteiger partial charge in [0.25, 0.3) is 0 Å². The molecule has 0 saturated carbocycles. The van der Waals surface area contributed by atoms with Crippen LogP contribution in [0.4, 0.5) is 0 Å². The Kier molecular flexibility index (Phi) is 8.86. The van der Waals surface area contributed by atoms with Crippen LogP contribution in [0.25, 0.3) is 90.2 Å². The van der Waals surface area contributed by atoms with Gasteiger partial charge >= 0.3 is 0 Å². The molecule has 9 aromatic rings. The van der Waals surface area contributed by atoms with Crippen LogP contribution in [-0.4, -0.2) is 24.9 Å². The van der Waals surface area contributed by atoms with Crippen LogP contribution in [0.15, 0.2) is 200 Å². The molecule has 0 aliphatic carbocycles. The molecule has 4 aromatic heterocycles. The molecule has 5 nitrogen and oxygen atoms in total. The summed E-state index contributed by atoms with van der Waals surface area (Å²) in [5, 5.41) is 0. The molecule has 0 atom stereocenters. The molecule has 0 bridgehead atoms. The fraction of sp³-hybridized carbons (Fsp3) is 0. The number of hydrogen-bond donors (Lipinski definition) is 0. The van der Waals surface area contributed by atoms with Gasteiger partial charge in [0.2, 0.25) is 0 Å². The van der Waals surface area contributed by atoms with Crippen LogP contribution < -0.4 is 0 Å². The molecule has 0 radical (unpaired) electrons. The van der Waals surface area contributed by atoms with E-state index in [1.54, 1.807) is 6.20 Å². The Morgan fingerprint density at radius 3 is 1.24 bits per heavy atom. The van der Waals surface area contributed by atoms with Crippen molar-refractivity contribution in [3.63, 3.8) is 0 Å². The third-order valence-corrected chi connectivity index (χ3v) is 9.39. The SMILES string of the molecule is c1ccc(-c2cc(-c3ccccn3)nc(-c3cccc(-c4ccc(-c5ccc(-c6cc(-c7ccccc7)nc(-c7ccccc7)n6)cc5)cc4)n3)c2)cc1. The zero-order valence-electron chi connectivity index (χ0n) is 29.3. The molecule has 0 spiro atoms. The lowest BCUT2D eigenvalue weighted by Gasteiger charge is -2.11. The van der Waals surface area contributed by atoms with Gasteiger partial charge in [-0.2, -0.15) is 0 Å². The van der Waals surface area contributed by atoms with Gasteiger partial charge in [-0.25, -0.2) is 19.9 Å². The van der Waals surface area contributed by atoms with Crippen LogP contribution in [-0.2, 0) is 0 Å². The predicted octanol–water partition coefficient (Wildman–Crippen LogP) is 12.0. The van der Waals surface area contributed by atoms with Gasteiger partial charge in [-0.1, -0.05) is 152 Å². The van der Waals surface area contributed by atoms with Gasteiger partial charge in [-0.3, -0.25) is 4.98 Å². The summed E-state index contributed by atoms with van der Waals surface area (Å²) in [5.74, 6) is 0.706. The normalized spacial score (nSPS) is 11.0. The molecule has 0 fully saturated rings. The van der Waals surface area contributed by atoms with Gasteiger partial charge in [-0.05, 0) is 64.7 Å². The third-order valence-electron chi connectivity index (χ3n) is 9.39. The molecule has 5 heteroatoms. The van der Waals surface area contributed by atoms with Gasteiger partial charge in [0.15, 0.2) is 5.82 Å². The average molecular weight is 692 g/mol. The number of nitrogens with zero attached hydrogens (tertiary/aromatic N) is 5. The zero-order chi connectivity index (χ0) is 36.1. The summed E-state index contributed by atoms with van der Waals surface area (Å²) in [6, 6.07) is 66.1.